The number of anilines is 1. The van der Waals surface area contributed by atoms with E-state index >= 15 is 0 Å². The van der Waals surface area contributed by atoms with Crippen molar-refractivity contribution >= 4 is 35.1 Å². The van der Waals surface area contributed by atoms with E-state index in [2.05, 4.69) is 17.6 Å². The molecule has 0 aromatic heterocycles. The van der Waals surface area contributed by atoms with Gasteiger partial charge in [-0.25, -0.2) is 4.79 Å². The van der Waals surface area contributed by atoms with Crippen LogP contribution in [0.4, 0.5) is 10.5 Å². The van der Waals surface area contributed by atoms with Gasteiger partial charge in [-0.2, -0.15) is 0 Å². The van der Waals surface area contributed by atoms with Crippen LogP contribution in [0.25, 0.3) is 0 Å². The number of carbonyl (C=O) groups is 3. The first-order chi connectivity index (χ1) is 12.3. The van der Waals surface area contributed by atoms with Crippen LogP contribution in [0.1, 0.15) is 51.5 Å². The Kier molecular flexibility index (Phi) is 6.64. The van der Waals surface area contributed by atoms with E-state index in [4.69, 9.17) is 11.6 Å². The third kappa shape index (κ3) is 4.75. The molecule has 1 fully saturated rings. The molecule has 7 heteroatoms. The van der Waals surface area contributed by atoms with Gasteiger partial charge < -0.3 is 10.6 Å². The molecule has 0 unspecified atom stereocenters. The van der Waals surface area contributed by atoms with Crippen LogP contribution in [0.5, 0.6) is 0 Å². The normalized spacial score (nSPS) is 19.6. The minimum Gasteiger partial charge on any atom is -0.324 e. The van der Waals surface area contributed by atoms with E-state index in [1.54, 1.807) is 25.1 Å². The number of halogens is 1. The van der Waals surface area contributed by atoms with Gasteiger partial charge in [0, 0.05) is 10.7 Å². The van der Waals surface area contributed by atoms with Crippen LogP contribution in [-0.2, 0) is 9.59 Å². The minimum absolute atomic E-state index is 0.308. The summed E-state index contributed by atoms with van der Waals surface area (Å²) in [6.07, 6.45) is 4.66. The first kappa shape index (κ1) is 20.2. The van der Waals surface area contributed by atoms with Gasteiger partial charge in [-0.15, -0.1) is 0 Å². The van der Waals surface area contributed by atoms with E-state index in [1.807, 2.05) is 6.92 Å². The number of hydrogen-bond acceptors (Lipinski definition) is 3. The molecule has 1 aliphatic heterocycles. The van der Waals surface area contributed by atoms with E-state index in [9.17, 15) is 14.4 Å². The van der Waals surface area contributed by atoms with Crippen LogP contribution in [-0.4, -0.2) is 34.8 Å². The predicted octanol–water partition coefficient (Wildman–Crippen LogP) is 3.87. The molecule has 0 radical (unpaired) electrons. The lowest BCUT2D eigenvalue weighted by Gasteiger charge is -2.21. The topological polar surface area (TPSA) is 78.5 Å². The number of aryl methyl sites for hydroxylation is 1. The van der Waals surface area contributed by atoms with Gasteiger partial charge in [0.2, 0.25) is 5.91 Å². The number of hydrogen-bond donors (Lipinski definition) is 2. The largest absolute Gasteiger partial charge is 0.325 e. The zero-order valence-corrected chi connectivity index (χ0v) is 16.3. The number of unbranched alkanes of at least 4 members (excludes halogenated alkanes) is 3. The van der Waals surface area contributed by atoms with Crippen LogP contribution in [0.2, 0.25) is 5.02 Å². The summed E-state index contributed by atoms with van der Waals surface area (Å²) in [4.78, 5) is 38.1. The third-order valence-electron chi connectivity index (χ3n) is 4.64. The summed E-state index contributed by atoms with van der Waals surface area (Å²) >= 11 is 5.90. The quantitative estimate of drug-likeness (QED) is 0.531. The molecule has 1 aromatic carbocycles. The Bertz CT molecular complexity index is 707. The average Bonchev–Trinajstić information content (AvgIpc) is 2.78. The van der Waals surface area contributed by atoms with Crippen LogP contribution in [0.3, 0.4) is 0 Å². The predicted molar refractivity (Wildman–Crippen MR) is 102 cm³/mol. The molecule has 1 saturated heterocycles. The summed E-state index contributed by atoms with van der Waals surface area (Å²) in [5.41, 5.74) is 0.485. The number of amides is 4. The number of urea groups is 1. The molecule has 0 spiro atoms. The van der Waals surface area contributed by atoms with Crippen LogP contribution in [0, 0.1) is 6.92 Å². The van der Waals surface area contributed by atoms with E-state index in [-0.39, 0.29) is 12.5 Å². The van der Waals surface area contributed by atoms with Crippen molar-refractivity contribution in [3.63, 3.8) is 0 Å². The van der Waals surface area contributed by atoms with Crippen molar-refractivity contribution in [3.8, 4) is 0 Å². The molecule has 2 N–H and O–H groups in total. The van der Waals surface area contributed by atoms with Gasteiger partial charge in [-0.1, -0.05) is 44.2 Å². The highest BCUT2D eigenvalue weighted by atomic mass is 35.5. The molecule has 4 amide bonds. The average molecular weight is 380 g/mol. The molecule has 0 aliphatic carbocycles. The first-order valence-corrected chi connectivity index (χ1v) is 9.35. The highest BCUT2D eigenvalue weighted by molar-refractivity contribution is 6.30. The molecule has 2 rings (SSSR count). The molecule has 0 bridgehead atoms. The standard InChI is InChI=1S/C19H26ClN3O3/c1-4-5-6-7-10-19(3)17(25)23(18(26)22-19)12-16(24)21-15-9-8-14(20)11-13(15)2/h8-9,11H,4-7,10,12H2,1-3H3,(H,21,24)(H,22,26)/t19-/m0/s1. The van der Waals surface area contributed by atoms with E-state index in [0.717, 1.165) is 36.1 Å². The van der Waals surface area contributed by atoms with E-state index < -0.39 is 17.5 Å². The summed E-state index contributed by atoms with van der Waals surface area (Å²) < 4.78 is 0. The van der Waals surface area contributed by atoms with Crippen LogP contribution < -0.4 is 10.6 Å². The van der Waals surface area contributed by atoms with Gasteiger partial charge in [0.15, 0.2) is 0 Å². The lowest BCUT2D eigenvalue weighted by atomic mass is 9.94. The molecule has 26 heavy (non-hydrogen) atoms. The van der Waals surface area contributed by atoms with Crippen molar-refractivity contribution in [2.45, 2.75) is 58.4 Å². The van der Waals surface area contributed by atoms with Crippen molar-refractivity contribution in [1.82, 2.24) is 10.2 Å². The Balaban J connectivity index is 1.97. The smallest absolute Gasteiger partial charge is 0.324 e. The lowest BCUT2D eigenvalue weighted by Crippen LogP contribution is -2.44. The second-order valence-electron chi connectivity index (χ2n) is 6.97. The minimum atomic E-state index is -0.929. The molecule has 142 valence electrons. The Labute approximate surface area is 159 Å². The van der Waals surface area contributed by atoms with Gasteiger partial charge in [-0.3, -0.25) is 14.5 Å². The third-order valence-corrected chi connectivity index (χ3v) is 4.87. The van der Waals surface area contributed by atoms with E-state index in [1.165, 1.54) is 0 Å². The highest BCUT2D eigenvalue weighted by Crippen LogP contribution is 2.24. The lowest BCUT2D eigenvalue weighted by molar-refractivity contribution is -0.133. The number of carbonyl (C=O) groups excluding carboxylic acids is 3. The first-order valence-electron chi connectivity index (χ1n) is 8.97. The Morgan fingerprint density at radius 1 is 1.27 bits per heavy atom. The summed E-state index contributed by atoms with van der Waals surface area (Å²) in [5.74, 6) is -0.767. The van der Waals surface area contributed by atoms with Crippen LogP contribution in [0.15, 0.2) is 18.2 Å². The van der Waals surface area contributed by atoms with Gasteiger partial charge in [-0.05, 0) is 44.0 Å². The van der Waals surface area contributed by atoms with E-state index in [0.29, 0.717) is 17.1 Å². The van der Waals surface area contributed by atoms with Crippen molar-refractivity contribution in [2.24, 2.45) is 0 Å². The molecule has 0 saturated carbocycles. The molecule has 6 nitrogen and oxygen atoms in total. The summed E-state index contributed by atoms with van der Waals surface area (Å²) in [7, 11) is 0. The monoisotopic (exact) mass is 379 g/mol. The van der Waals surface area contributed by atoms with Gasteiger partial charge in [0.25, 0.3) is 5.91 Å². The summed E-state index contributed by atoms with van der Waals surface area (Å²) in [6.45, 7) is 5.35. The van der Waals surface area contributed by atoms with Gasteiger partial charge in [0.05, 0.1) is 0 Å². The Morgan fingerprint density at radius 3 is 2.65 bits per heavy atom. The van der Waals surface area contributed by atoms with Gasteiger partial charge >= 0.3 is 6.03 Å². The fourth-order valence-electron chi connectivity index (χ4n) is 3.07. The summed E-state index contributed by atoms with van der Waals surface area (Å²) in [6, 6.07) is 4.58. The molecule has 1 heterocycles. The molecular weight excluding hydrogens is 354 g/mol. The summed E-state index contributed by atoms with van der Waals surface area (Å²) in [5, 5.41) is 6.03. The maximum Gasteiger partial charge on any atom is 0.325 e. The van der Waals surface area contributed by atoms with Crippen molar-refractivity contribution in [3.05, 3.63) is 28.8 Å². The Morgan fingerprint density at radius 2 is 2.00 bits per heavy atom. The molecular formula is C19H26ClN3O3. The number of rotatable bonds is 8. The SMILES string of the molecule is CCCCCC[C@]1(C)NC(=O)N(CC(=O)Nc2ccc(Cl)cc2C)C1=O. The van der Waals surface area contributed by atoms with Crippen molar-refractivity contribution in [2.75, 3.05) is 11.9 Å². The molecule has 1 aromatic rings. The zero-order chi connectivity index (χ0) is 19.3. The second-order valence-corrected chi connectivity index (χ2v) is 7.41. The maximum absolute atomic E-state index is 12.6. The Hall–Kier alpha value is -2.08. The number of benzene rings is 1. The fourth-order valence-corrected chi connectivity index (χ4v) is 3.29. The maximum atomic E-state index is 12.6. The van der Waals surface area contributed by atoms with Crippen LogP contribution >= 0.6 is 11.6 Å². The van der Waals surface area contributed by atoms with Crippen molar-refractivity contribution in [1.29, 1.82) is 0 Å². The number of imide groups is 1. The molecule has 1 atom stereocenters. The highest BCUT2D eigenvalue weighted by Gasteiger charge is 2.47. The number of nitrogens with one attached hydrogen (secondary N) is 2. The second kappa shape index (κ2) is 8.54. The molecule has 1 aliphatic rings. The van der Waals surface area contributed by atoms with Gasteiger partial charge in [0.1, 0.15) is 12.1 Å². The number of nitrogens with zero attached hydrogens (tertiary/aromatic N) is 1. The van der Waals surface area contributed by atoms with Crippen molar-refractivity contribution < 1.29 is 14.4 Å². The fraction of sp³-hybridized carbons (Fsp3) is 0.526. The zero-order valence-electron chi connectivity index (χ0n) is 15.5.